The minimum absolute atomic E-state index is 0.284. The third-order valence-electron chi connectivity index (χ3n) is 4.99. The third-order valence-corrected chi connectivity index (χ3v) is 6.91. The van der Waals surface area contributed by atoms with Gasteiger partial charge in [-0.3, -0.25) is 0 Å². The highest BCUT2D eigenvalue weighted by molar-refractivity contribution is 8.00. The maximum atomic E-state index is 10.4. The van der Waals surface area contributed by atoms with Crippen LogP contribution >= 0.6 is 35.0 Å². The van der Waals surface area contributed by atoms with Crippen molar-refractivity contribution >= 4 is 35.0 Å². The van der Waals surface area contributed by atoms with Gasteiger partial charge in [-0.15, -0.1) is 11.8 Å². The van der Waals surface area contributed by atoms with Crippen LogP contribution in [0.3, 0.4) is 0 Å². The largest absolute Gasteiger partial charge is 0.475 e. The molecular weight excluding hydrogens is 435 g/mol. The van der Waals surface area contributed by atoms with Gasteiger partial charge in [0.15, 0.2) is 5.44 Å². The Bertz CT molecular complexity index is 831. The molecule has 0 aliphatic carbocycles. The Kier molecular flexibility index (Phi) is 7.73. The second kappa shape index (κ2) is 9.88. The van der Waals surface area contributed by atoms with E-state index in [0.29, 0.717) is 17.2 Å². The molecule has 2 aromatic rings. The summed E-state index contributed by atoms with van der Waals surface area (Å²) < 4.78 is 5.99. The predicted octanol–water partition coefficient (Wildman–Crippen LogP) is 3.04. The van der Waals surface area contributed by atoms with E-state index in [2.05, 4.69) is 19.1 Å². The van der Waals surface area contributed by atoms with Gasteiger partial charge in [0, 0.05) is 17.0 Å². The van der Waals surface area contributed by atoms with Crippen LogP contribution in [0.25, 0.3) is 0 Å². The van der Waals surface area contributed by atoms with E-state index in [1.807, 2.05) is 12.1 Å². The van der Waals surface area contributed by atoms with Crippen LogP contribution in [-0.4, -0.2) is 56.0 Å². The van der Waals surface area contributed by atoms with Crippen LogP contribution in [0.15, 0.2) is 36.4 Å². The maximum Gasteiger partial charge on any atom is 0.173 e. The van der Waals surface area contributed by atoms with Crippen LogP contribution in [0.4, 0.5) is 0 Å². The number of hydrogen-bond acceptors (Lipinski definition) is 6. The summed E-state index contributed by atoms with van der Waals surface area (Å²) >= 11 is 13.6. The molecule has 5 nitrogen and oxygen atoms in total. The molecule has 1 aliphatic rings. The lowest BCUT2D eigenvalue weighted by Gasteiger charge is -2.39. The van der Waals surface area contributed by atoms with Crippen LogP contribution in [0.2, 0.25) is 10.0 Å². The molecule has 4 N–H and O–H groups in total. The Hall–Kier alpha value is -0.990. The Labute approximate surface area is 184 Å². The summed E-state index contributed by atoms with van der Waals surface area (Å²) in [4.78, 5) is 0. The molecule has 8 heteroatoms. The maximum absolute atomic E-state index is 10.4. The SMILES string of the molecule is CCc1ccc(Cc2cc(Cl)cc(Cl)c2O[C@@H]2S[C@H](CO)[C@@H](O)[C@H](O)[C@H]2O)cc1. The van der Waals surface area contributed by atoms with Crippen molar-refractivity contribution in [3.8, 4) is 5.75 Å². The Balaban J connectivity index is 1.88. The number of aryl methyl sites for hydroxylation is 1. The predicted molar refractivity (Wildman–Crippen MR) is 116 cm³/mol. The summed E-state index contributed by atoms with van der Waals surface area (Å²) in [5, 5.41) is 40.0. The summed E-state index contributed by atoms with van der Waals surface area (Å²) in [6.45, 7) is 1.73. The summed E-state index contributed by atoms with van der Waals surface area (Å²) in [7, 11) is 0. The molecule has 1 aliphatic heterocycles. The zero-order valence-corrected chi connectivity index (χ0v) is 18.2. The number of aliphatic hydroxyl groups is 4. The molecule has 5 atom stereocenters. The van der Waals surface area contributed by atoms with Gasteiger partial charge < -0.3 is 25.2 Å². The number of ether oxygens (including phenoxy) is 1. The van der Waals surface area contributed by atoms with Gasteiger partial charge in [0.1, 0.15) is 18.0 Å². The molecule has 0 unspecified atom stereocenters. The summed E-state index contributed by atoms with van der Waals surface area (Å²) in [6.07, 6.45) is -2.57. The zero-order valence-electron chi connectivity index (χ0n) is 15.8. The standard InChI is InChI=1S/C21H24Cl2O5S/c1-2-11-3-5-12(6-4-11)7-13-8-14(22)9-15(23)20(13)28-21-19(27)18(26)17(25)16(10-24)29-21/h3-6,8-9,16-19,21,24-27H,2,7,10H2,1H3/t16-,17-,18+,19-,21-/m1/s1. The Morgan fingerprint density at radius 3 is 2.24 bits per heavy atom. The van der Waals surface area contributed by atoms with Crippen LogP contribution in [0, 0.1) is 0 Å². The van der Waals surface area contributed by atoms with E-state index in [4.69, 9.17) is 27.9 Å². The van der Waals surface area contributed by atoms with E-state index in [0.717, 1.165) is 29.3 Å². The second-order valence-corrected chi connectivity index (χ2v) is 9.22. The molecule has 0 bridgehead atoms. The number of rotatable bonds is 6. The minimum atomic E-state index is -1.44. The minimum Gasteiger partial charge on any atom is -0.475 e. The van der Waals surface area contributed by atoms with Crippen LogP contribution < -0.4 is 4.74 Å². The highest BCUT2D eigenvalue weighted by Crippen LogP contribution is 2.39. The Morgan fingerprint density at radius 1 is 0.966 bits per heavy atom. The van der Waals surface area contributed by atoms with Gasteiger partial charge in [0.05, 0.1) is 23.0 Å². The fourth-order valence-electron chi connectivity index (χ4n) is 3.27. The van der Waals surface area contributed by atoms with Gasteiger partial charge in [-0.1, -0.05) is 54.4 Å². The molecule has 3 rings (SSSR count). The van der Waals surface area contributed by atoms with Crippen molar-refractivity contribution in [1.82, 2.24) is 0 Å². The summed E-state index contributed by atoms with van der Waals surface area (Å²) in [5.41, 5.74) is 2.11. The van der Waals surface area contributed by atoms with Crippen molar-refractivity contribution in [3.05, 3.63) is 63.1 Å². The number of thioether (sulfide) groups is 1. The highest BCUT2D eigenvalue weighted by atomic mass is 35.5. The average molecular weight is 459 g/mol. The molecule has 0 spiro atoms. The van der Waals surface area contributed by atoms with Gasteiger partial charge in [0.25, 0.3) is 0 Å². The van der Waals surface area contributed by atoms with E-state index in [-0.39, 0.29) is 11.6 Å². The van der Waals surface area contributed by atoms with Gasteiger partial charge in [0.2, 0.25) is 0 Å². The first-order valence-corrected chi connectivity index (χ1v) is 11.1. The highest BCUT2D eigenvalue weighted by Gasteiger charge is 2.44. The lowest BCUT2D eigenvalue weighted by Crippen LogP contribution is -2.55. The van der Waals surface area contributed by atoms with E-state index >= 15 is 0 Å². The first-order chi connectivity index (χ1) is 13.8. The molecule has 29 heavy (non-hydrogen) atoms. The summed E-state index contributed by atoms with van der Waals surface area (Å²) in [5.74, 6) is 0.354. The van der Waals surface area contributed by atoms with Gasteiger partial charge in [-0.2, -0.15) is 0 Å². The van der Waals surface area contributed by atoms with E-state index in [1.54, 1.807) is 12.1 Å². The first-order valence-electron chi connectivity index (χ1n) is 9.37. The number of hydrogen-bond donors (Lipinski definition) is 4. The first kappa shape index (κ1) is 22.7. The fourth-order valence-corrected chi connectivity index (χ4v) is 5.08. The van der Waals surface area contributed by atoms with E-state index < -0.39 is 29.0 Å². The lowest BCUT2D eigenvalue weighted by atomic mass is 10.0. The third kappa shape index (κ3) is 5.20. The molecule has 1 fully saturated rings. The molecule has 1 saturated heterocycles. The molecule has 0 saturated carbocycles. The van der Waals surface area contributed by atoms with Crippen molar-refractivity contribution in [2.75, 3.05) is 6.61 Å². The summed E-state index contributed by atoms with van der Waals surface area (Å²) in [6, 6.07) is 11.5. The monoisotopic (exact) mass is 458 g/mol. The molecule has 0 aromatic heterocycles. The van der Waals surface area contributed by atoms with Crippen LogP contribution in [0.1, 0.15) is 23.6 Å². The van der Waals surface area contributed by atoms with Crippen molar-refractivity contribution in [2.24, 2.45) is 0 Å². The molecular formula is C21H24Cl2O5S. The average Bonchev–Trinajstić information content (AvgIpc) is 2.71. The second-order valence-electron chi connectivity index (χ2n) is 7.04. The lowest BCUT2D eigenvalue weighted by molar-refractivity contribution is -0.0910. The number of aliphatic hydroxyl groups excluding tert-OH is 4. The normalized spacial score (nSPS) is 27.1. The van der Waals surface area contributed by atoms with E-state index in [9.17, 15) is 20.4 Å². The van der Waals surface area contributed by atoms with Crippen LogP contribution in [-0.2, 0) is 12.8 Å². The fraction of sp³-hybridized carbons (Fsp3) is 0.429. The topological polar surface area (TPSA) is 90.2 Å². The molecule has 158 valence electrons. The quantitative estimate of drug-likeness (QED) is 0.531. The van der Waals surface area contributed by atoms with E-state index in [1.165, 1.54) is 5.56 Å². The van der Waals surface area contributed by atoms with Crippen molar-refractivity contribution in [3.63, 3.8) is 0 Å². The van der Waals surface area contributed by atoms with Crippen LogP contribution in [0.5, 0.6) is 5.75 Å². The molecule has 2 aromatic carbocycles. The molecule has 0 radical (unpaired) electrons. The zero-order chi connectivity index (χ0) is 21.1. The van der Waals surface area contributed by atoms with Gasteiger partial charge in [-0.05, 0) is 29.7 Å². The van der Waals surface area contributed by atoms with Crippen molar-refractivity contribution < 1.29 is 25.2 Å². The molecule has 1 heterocycles. The number of benzene rings is 2. The number of halogens is 2. The smallest absolute Gasteiger partial charge is 0.173 e. The van der Waals surface area contributed by atoms with Crippen molar-refractivity contribution in [1.29, 1.82) is 0 Å². The molecule has 0 amide bonds. The van der Waals surface area contributed by atoms with Crippen molar-refractivity contribution in [2.45, 2.75) is 48.8 Å². The Morgan fingerprint density at radius 2 is 1.62 bits per heavy atom. The van der Waals surface area contributed by atoms with Gasteiger partial charge >= 0.3 is 0 Å². The van der Waals surface area contributed by atoms with Gasteiger partial charge in [-0.25, -0.2) is 0 Å².